The second-order valence-corrected chi connectivity index (χ2v) is 4.77. The molecule has 21 heavy (non-hydrogen) atoms. The number of nitrogens with one attached hydrogen (secondary N) is 1. The first kappa shape index (κ1) is 17.4. The SMILES string of the molecule is CCOc1c(C(=O)NC(CBr)COC)cccc1[N+](=O)[O-]. The monoisotopic (exact) mass is 360 g/mol. The third kappa shape index (κ3) is 4.68. The predicted molar refractivity (Wildman–Crippen MR) is 81.2 cm³/mol. The number of nitro benzene ring substituents is 1. The van der Waals surface area contributed by atoms with Gasteiger partial charge in [0.05, 0.1) is 29.7 Å². The Morgan fingerprint density at radius 2 is 2.24 bits per heavy atom. The summed E-state index contributed by atoms with van der Waals surface area (Å²) in [6.07, 6.45) is 0. The quantitative estimate of drug-likeness (QED) is 0.435. The maximum atomic E-state index is 12.3. The van der Waals surface area contributed by atoms with Gasteiger partial charge in [-0.25, -0.2) is 0 Å². The highest BCUT2D eigenvalue weighted by atomic mass is 79.9. The van der Waals surface area contributed by atoms with Crippen LogP contribution in [0.25, 0.3) is 0 Å². The lowest BCUT2D eigenvalue weighted by Crippen LogP contribution is -2.39. The first-order chi connectivity index (χ1) is 10.0. The molecule has 1 atom stereocenters. The number of carbonyl (C=O) groups is 1. The van der Waals surface area contributed by atoms with E-state index in [0.29, 0.717) is 11.9 Å². The lowest BCUT2D eigenvalue weighted by molar-refractivity contribution is -0.385. The minimum absolute atomic E-state index is 0.0201. The van der Waals surface area contributed by atoms with Crippen molar-refractivity contribution in [2.24, 2.45) is 0 Å². The van der Waals surface area contributed by atoms with Crippen LogP contribution in [0.3, 0.4) is 0 Å². The van der Waals surface area contributed by atoms with Crippen molar-refractivity contribution in [2.75, 3.05) is 25.7 Å². The molecule has 0 saturated carbocycles. The Morgan fingerprint density at radius 3 is 2.76 bits per heavy atom. The highest BCUT2D eigenvalue weighted by Gasteiger charge is 2.24. The first-order valence-electron chi connectivity index (χ1n) is 6.31. The molecule has 1 N–H and O–H groups in total. The summed E-state index contributed by atoms with van der Waals surface area (Å²) < 4.78 is 10.3. The van der Waals surface area contributed by atoms with Crippen molar-refractivity contribution in [1.82, 2.24) is 5.32 Å². The molecular weight excluding hydrogens is 344 g/mol. The van der Waals surface area contributed by atoms with E-state index in [1.807, 2.05) is 0 Å². The Kier molecular flexibility index (Phi) is 7.10. The van der Waals surface area contributed by atoms with E-state index < -0.39 is 10.8 Å². The number of rotatable bonds is 8. The van der Waals surface area contributed by atoms with E-state index in [4.69, 9.17) is 9.47 Å². The van der Waals surface area contributed by atoms with Gasteiger partial charge in [0, 0.05) is 18.5 Å². The molecule has 0 aliphatic heterocycles. The molecule has 0 spiro atoms. The van der Waals surface area contributed by atoms with E-state index in [2.05, 4.69) is 21.2 Å². The van der Waals surface area contributed by atoms with Gasteiger partial charge in [-0.1, -0.05) is 22.0 Å². The van der Waals surface area contributed by atoms with Crippen molar-refractivity contribution >= 4 is 27.5 Å². The molecule has 0 aromatic heterocycles. The Bertz CT molecular complexity index is 509. The third-order valence-corrected chi connectivity index (χ3v) is 3.40. The van der Waals surface area contributed by atoms with E-state index in [1.165, 1.54) is 25.3 Å². The van der Waals surface area contributed by atoms with Crippen LogP contribution in [-0.2, 0) is 4.74 Å². The number of nitrogens with zero attached hydrogens (tertiary/aromatic N) is 1. The van der Waals surface area contributed by atoms with E-state index in [-0.39, 0.29) is 29.6 Å². The van der Waals surface area contributed by atoms with Crippen LogP contribution in [0.15, 0.2) is 18.2 Å². The van der Waals surface area contributed by atoms with Gasteiger partial charge in [-0.3, -0.25) is 14.9 Å². The van der Waals surface area contributed by atoms with E-state index in [1.54, 1.807) is 6.92 Å². The summed E-state index contributed by atoms with van der Waals surface area (Å²) in [7, 11) is 1.53. The third-order valence-electron chi connectivity index (χ3n) is 2.61. The summed E-state index contributed by atoms with van der Waals surface area (Å²) in [5.41, 5.74) is -0.0975. The number of methoxy groups -OCH3 is 1. The molecule has 1 unspecified atom stereocenters. The molecule has 0 saturated heterocycles. The Labute approximate surface area is 130 Å². The fourth-order valence-electron chi connectivity index (χ4n) is 1.73. The van der Waals surface area contributed by atoms with Crippen LogP contribution < -0.4 is 10.1 Å². The minimum atomic E-state index is -0.571. The summed E-state index contributed by atoms with van der Waals surface area (Å²) in [6, 6.07) is 4.01. The average Bonchev–Trinajstić information content (AvgIpc) is 2.46. The molecule has 116 valence electrons. The van der Waals surface area contributed by atoms with Crippen molar-refractivity contribution in [3.8, 4) is 5.75 Å². The molecule has 1 rings (SSSR count). The van der Waals surface area contributed by atoms with Gasteiger partial charge in [-0.05, 0) is 13.0 Å². The van der Waals surface area contributed by atoms with Crippen molar-refractivity contribution < 1.29 is 19.2 Å². The number of ether oxygens (including phenoxy) is 2. The summed E-state index contributed by atoms with van der Waals surface area (Å²) >= 11 is 3.27. The molecule has 0 fully saturated rings. The van der Waals surface area contributed by atoms with Crippen molar-refractivity contribution in [1.29, 1.82) is 0 Å². The summed E-state index contributed by atoms with van der Waals surface area (Å²) in [5, 5.41) is 14.3. The maximum Gasteiger partial charge on any atom is 0.311 e. The normalized spacial score (nSPS) is 11.8. The van der Waals surface area contributed by atoms with E-state index >= 15 is 0 Å². The molecule has 1 aromatic carbocycles. The molecule has 1 amide bonds. The van der Waals surface area contributed by atoms with Crippen LogP contribution in [0.1, 0.15) is 17.3 Å². The largest absolute Gasteiger partial charge is 0.487 e. The number of hydrogen-bond acceptors (Lipinski definition) is 5. The fraction of sp³-hybridized carbons (Fsp3) is 0.462. The van der Waals surface area contributed by atoms with Gasteiger partial charge in [-0.15, -0.1) is 0 Å². The van der Waals surface area contributed by atoms with Crippen molar-refractivity contribution in [3.63, 3.8) is 0 Å². The number of halogens is 1. The fourth-order valence-corrected chi connectivity index (χ4v) is 2.08. The molecule has 0 heterocycles. The van der Waals surface area contributed by atoms with Gasteiger partial charge in [0.25, 0.3) is 5.91 Å². The first-order valence-corrected chi connectivity index (χ1v) is 7.43. The highest BCUT2D eigenvalue weighted by Crippen LogP contribution is 2.30. The molecule has 0 aliphatic rings. The van der Waals surface area contributed by atoms with Gasteiger partial charge in [-0.2, -0.15) is 0 Å². The molecular formula is C13H17BrN2O5. The van der Waals surface area contributed by atoms with Gasteiger partial charge in [0.15, 0.2) is 0 Å². The van der Waals surface area contributed by atoms with Crippen molar-refractivity contribution in [3.05, 3.63) is 33.9 Å². The van der Waals surface area contributed by atoms with Gasteiger partial charge >= 0.3 is 5.69 Å². The number of benzene rings is 1. The molecule has 0 radical (unpaired) electrons. The molecule has 0 aliphatic carbocycles. The summed E-state index contributed by atoms with van der Waals surface area (Å²) in [5.74, 6) is -0.461. The summed E-state index contributed by atoms with van der Waals surface area (Å²) in [6.45, 7) is 2.26. The van der Waals surface area contributed by atoms with Crippen LogP contribution in [0.4, 0.5) is 5.69 Å². The van der Waals surface area contributed by atoms with Crippen LogP contribution in [0.2, 0.25) is 0 Å². The maximum absolute atomic E-state index is 12.3. The van der Waals surface area contributed by atoms with Crippen LogP contribution in [-0.4, -0.2) is 42.5 Å². The smallest absolute Gasteiger partial charge is 0.311 e. The minimum Gasteiger partial charge on any atom is -0.487 e. The van der Waals surface area contributed by atoms with Crippen molar-refractivity contribution in [2.45, 2.75) is 13.0 Å². The zero-order valence-electron chi connectivity index (χ0n) is 11.8. The predicted octanol–water partition coefficient (Wildman–Crippen LogP) is 2.13. The number of hydrogen-bond donors (Lipinski definition) is 1. The number of carbonyl (C=O) groups excluding carboxylic acids is 1. The van der Waals surface area contributed by atoms with Gasteiger partial charge in [0.2, 0.25) is 5.75 Å². The lowest BCUT2D eigenvalue weighted by atomic mass is 10.1. The molecule has 0 bridgehead atoms. The lowest BCUT2D eigenvalue weighted by Gasteiger charge is -2.16. The Balaban J connectivity index is 3.08. The Hall–Kier alpha value is -1.67. The van der Waals surface area contributed by atoms with Crippen LogP contribution >= 0.6 is 15.9 Å². The zero-order chi connectivity index (χ0) is 15.8. The second-order valence-electron chi connectivity index (χ2n) is 4.12. The highest BCUT2D eigenvalue weighted by molar-refractivity contribution is 9.09. The summed E-state index contributed by atoms with van der Waals surface area (Å²) in [4.78, 5) is 22.7. The molecule has 8 heteroatoms. The van der Waals surface area contributed by atoms with E-state index in [9.17, 15) is 14.9 Å². The number of amides is 1. The van der Waals surface area contributed by atoms with Crippen LogP contribution in [0, 0.1) is 10.1 Å². The second kappa shape index (κ2) is 8.58. The Morgan fingerprint density at radius 1 is 1.52 bits per heavy atom. The van der Waals surface area contributed by atoms with Gasteiger partial charge < -0.3 is 14.8 Å². The number of nitro groups is 1. The topological polar surface area (TPSA) is 90.7 Å². The van der Waals surface area contributed by atoms with E-state index in [0.717, 1.165) is 0 Å². The number of para-hydroxylation sites is 1. The van der Waals surface area contributed by atoms with Crippen LogP contribution in [0.5, 0.6) is 5.75 Å². The standard InChI is InChI=1S/C13H17BrN2O5/c1-3-21-12-10(5-4-6-11(12)16(18)19)13(17)15-9(7-14)8-20-2/h4-6,9H,3,7-8H2,1-2H3,(H,15,17). The molecule has 1 aromatic rings. The van der Waals surface area contributed by atoms with Gasteiger partial charge in [0.1, 0.15) is 0 Å². The zero-order valence-corrected chi connectivity index (χ0v) is 13.4. The average molecular weight is 361 g/mol. The molecule has 7 nitrogen and oxygen atoms in total. The number of alkyl halides is 1.